The van der Waals surface area contributed by atoms with Gasteiger partial charge < -0.3 is 19.5 Å². The zero-order chi connectivity index (χ0) is 22.1. The minimum absolute atomic E-state index is 0.0810. The number of hydrogen-bond donors (Lipinski definition) is 1. The van der Waals surface area contributed by atoms with E-state index >= 15 is 0 Å². The van der Waals surface area contributed by atoms with E-state index in [-0.39, 0.29) is 16.2 Å². The smallest absolute Gasteiger partial charge is 0.338 e. The molecule has 0 fully saturated rings. The lowest BCUT2D eigenvalue weighted by atomic mass is 9.92. The summed E-state index contributed by atoms with van der Waals surface area (Å²) in [6.45, 7) is 2.70. The number of ether oxygens (including phenoxy) is 3. The van der Waals surface area contributed by atoms with Crippen LogP contribution in [0.5, 0.6) is 11.5 Å². The molecule has 1 N–H and O–H groups in total. The van der Waals surface area contributed by atoms with Crippen LogP contribution >= 0.6 is 12.2 Å². The van der Waals surface area contributed by atoms with Crippen molar-refractivity contribution in [1.29, 1.82) is 0 Å². The number of fused-ring (bicyclic) bond motifs is 1. The van der Waals surface area contributed by atoms with Crippen LogP contribution in [0.2, 0.25) is 0 Å². The summed E-state index contributed by atoms with van der Waals surface area (Å²) in [6.07, 6.45) is 0.354. The molecule has 0 radical (unpaired) electrons. The highest BCUT2D eigenvalue weighted by Crippen LogP contribution is 2.40. The van der Waals surface area contributed by atoms with Crippen LogP contribution in [0.3, 0.4) is 0 Å². The van der Waals surface area contributed by atoms with Crippen LogP contribution in [0.1, 0.15) is 24.9 Å². The standard InChI is InChI=1S/C22H20F2N2O4S/c1-3-15-19(21(27)28-2)20(18-13(23)5-4-6-14(18)24)25-22(31)26(15)12-7-8-16-17(11-12)30-10-9-29-16/h4-8,11,20H,3,9-10H2,1-2H3,(H,25,31)/t20-/m0/s1. The molecule has 4 rings (SSSR count). The summed E-state index contributed by atoms with van der Waals surface area (Å²) in [7, 11) is 1.22. The number of hydrogen-bond acceptors (Lipinski definition) is 5. The first-order valence-electron chi connectivity index (χ1n) is 9.71. The van der Waals surface area contributed by atoms with E-state index in [2.05, 4.69) is 5.32 Å². The van der Waals surface area contributed by atoms with Crippen molar-refractivity contribution >= 4 is 29.0 Å². The Kier molecular flexibility index (Phi) is 5.77. The van der Waals surface area contributed by atoms with Crippen molar-refractivity contribution in [1.82, 2.24) is 5.32 Å². The molecule has 0 spiro atoms. The molecule has 0 saturated heterocycles. The number of benzene rings is 2. The fourth-order valence-corrected chi connectivity index (χ4v) is 4.14. The lowest BCUT2D eigenvalue weighted by Crippen LogP contribution is -2.49. The Balaban J connectivity index is 1.89. The van der Waals surface area contributed by atoms with Crippen LogP contribution in [0.25, 0.3) is 0 Å². The molecule has 2 aromatic carbocycles. The van der Waals surface area contributed by atoms with Gasteiger partial charge in [0.25, 0.3) is 0 Å². The summed E-state index contributed by atoms with van der Waals surface area (Å²) >= 11 is 5.56. The highest BCUT2D eigenvalue weighted by Gasteiger charge is 2.39. The molecule has 0 unspecified atom stereocenters. The third kappa shape index (κ3) is 3.69. The van der Waals surface area contributed by atoms with Gasteiger partial charge >= 0.3 is 5.97 Å². The third-order valence-electron chi connectivity index (χ3n) is 5.15. The van der Waals surface area contributed by atoms with E-state index in [1.54, 1.807) is 23.1 Å². The molecule has 2 aliphatic heterocycles. The van der Waals surface area contributed by atoms with E-state index in [9.17, 15) is 13.6 Å². The molecule has 2 aliphatic rings. The Morgan fingerprint density at radius 1 is 1.19 bits per heavy atom. The molecular formula is C22H20F2N2O4S. The molecule has 9 heteroatoms. The first-order chi connectivity index (χ1) is 15.0. The second kappa shape index (κ2) is 8.50. The number of carbonyl (C=O) groups is 1. The normalized spacial score (nSPS) is 18.0. The predicted octanol–water partition coefficient (Wildman–Crippen LogP) is 4.01. The molecule has 0 bridgehead atoms. The van der Waals surface area contributed by atoms with Crippen LogP contribution in [0.4, 0.5) is 14.5 Å². The van der Waals surface area contributed by atoms with Crippen molar-refractivity contribution in [3.05, 3.63) is 64.9 Å². The topological polar surface area (TPSA) is 60.0 Å². The largest absolute Gasteiger partial charge is 0.486 e. The second-order valence-electron chi connectivity index (χ2n) is 6.89. The van der Waals surface area contributed by atoms with Crippen LogP contribution in [-0.4, -0.2) is 31.4 Å². The van der Waals surface area contributed by atoms with E-state index in [0.29, 0.717) is 42.5 Å². The van der Waals surface area contributed by atoms with E-state index in [0.717, 1.165) is 12.1 Å². The van der Waals surface area contributed by atoms with Crippen LogP contribution in [0.15, 0.2) is 47.7 Å². The number of allylic oxidation sites excluding steroid dienone is 1. The Morgan fingerprint density at radius 3 is 2.52 bits per heavy atom. The van der Waals surface area contributed by atoms with Gasteiger partial charge in [-0.3, -0.25) is 4.90 Å². The number of esters is 1. The molecule has 2 aromatic rings. The molecule has 1 atom stereocenters. The lowest BCUT2D eigenvalue weighted by Gasteiger charge is -2.38. The maximum Gasteiger partial charge on any atom is 0.338 e. The van der Waals surface area contributed by atoms with Gasteiger partial charge in [0.05, 0.1) is 30.0 Å². The molecule has 0 amide bonds. The van der Waals surface area contributed by atoms with Crippen molar-refractivity contribution in [2.75, 3.05) is 25.2 Å². The number of thiocarbonyl (C=S) groups is 1. The van der Waals surface area contributed by atoms with Gasteiger partial charge in [-0.25, -0.2) is 13.6 Å². The molecule has 0 aromatic heterocycles. The molecule has 6 nitrogen and oxygen atoms in total. The van der Waals surface area contributed by atoms with E-state index in [4.69, 9.17) is 26.4 Å². The quantitative estimate of drug-likeness (QED) is 0.563. The molecule has 0 saturated carbocycles. The van der Waals surface area contributed by atoms with Crippen molar-refractivity contribution < 1.29 is 27.8 Å². The summed E-state index contributed by atoms with van der Waals surface area (Å²) in [5.41, 5.74) is 0.878. The summed E-state index contributed by atoms with van der Waals surface area (Å²) in [5, 5.41) is 3.11. The minimum atomic E-state index is -1.13. The molecule has 0 aliphatic carbocycles. The molecule has 162 valence electrons. The first kappa shape index (κ1) is 21.0. The number of rotatable bonds is 4. The average Bonchev–Trinajstić information content (AvgIpc) is 2.77. The maximum atomic E-state index is 14.6. The average molecular weight is 446 g/mol. The van der Waals surface area contributed by atoms with Gasteiger partial charge in [0.15, 0.2) is 16.6 Å². The highest BCUT2D eigenvalue weighted by atomic mass is 32.1. The van der Waals surface area contributed by atoms with Gasteiger partial charge in [-0.1, -0.05) is 13.0 Å². The van der Waals surface area contributed by atoms with Gasteiger partial charge in [-0.15, -0.1) is 0 Å². The van der Waals surface area contributed by atoms with Crippen LogP contribution < -0.4 is 19.7 Å². The predicted molar refractivity (Wildman–Crippen MR) is 114 cm³/mol. The Bertz CT molecular complexity index is 1070. The number of methoxy groups -OCH3 is 1. The number of nitrogens with one attached hydrogen (secondary N) is 1. The van der Waals surface area contributed by atoms with Gasteiger partial charge in [0.1, 0.15) is 24.8 Å². The van der Waals surface area contributed by atoms with E-state index in [1.807, 2.05) is 6.92 Å². The van der Waals surface area contributed by atoms with Gasteiger partial charge in [0.2, 0.25) is 0 Å². The molecule has 31 heavy (non-hydrogen) atoms. The van der Waals surface area contributed by atoms with E-state index in [1.165, 1.54) is 13.2 Å². The number of halogens is 2. The van der Waals surface area contributed by atoms with Crippen LogP contribution in [0, 0.1) is 11.6 Å². The molecular weight excluding hydrogens is 426 g/mol. The Labute approximate surface area is 183 Å². The van der Waals surface area contributed by atoms with Gasteiger partial charge in [-0.05, 0) is 42.9 Å². The Morgan fingerprint density at radius 2 is 1.87 bits per heavy atom. The summed E-state index contributed by atoms with van der Waals surface area (Å²) in [6, 6.07) is 7.67. The number of anilines is 1. The van der Waals surface area contributed by atoms with Crippen molar-refractivity contribution in [2.45, 2.75) is 19.4 Å². The van der Waals surface area contributed by atoms with Gasteiger partial charge in [-0.2, -0.15) is 0 Å². The van der Waals surface area contributed by atoms with Crippen molar-refractivity contribution in [2.24, 2.45) is 0 Å². The lowest BCUT2D eigenvalue weighted by molar-refractivity contribution is -0.136. The zero-order valence-corrected chi connectivity index (χ0v) is 17.7. The minimum Gasteiger partial charge on any atom is -0.486 e. The fourth-order valence-electron chi connectivity index (χ4n) is 3.81. The number of carbonyl (C=O) groups excluding carboxylic acids is 1. The summed E-state index contributed by atoms with van der Waals surface area (Å²) < 4.78 is 45.4. The summed E-state index contributed by atoms with van der Waals surface area (Å²) in [5.74, 6) is -1.13. The number of nitrogens with zero attached hydrogens (tertiary/aromatic N) is 1. The zero-order valence-electron chi connectivity index (χ0n) is 16.9. The molecule has 2 heterocycles. The van der Waals surface area contributed by atoms with Crippen molar-refractivity contribution in [3.8, 4) is 11.5 Å². The fraction of sp³-hybridized carbons (Fsp3) is 0.273. The van der Waals surface area contributed by atoms with Crippen molar-refractivity contribution in [3.63, 3.8) is 0 Å². The third-order valence-corrected chi connectivity index (χ3v) is 5.45. The SMILES string of the molecule is CCC1=C(C(=O)OC)[C@H](c2c(F)cccc2F)NC(=S)N1c1ccc2c(c1)OCCO2. The summed E-state index contributed by atoms with van der Waals surface area (Å²) in [4.78, 5) is 14.4. The monoisotopic (exact) mass is 446 g/mol. The highest BCUT2D eigenvalue weighted by molar-refractivity contribution is 7.80. The Hall–Kier alpha value is -3.20. The van der Waals surface area contributed by atoms with Gasteiger partial charge in [0, 0.05) is 11.8 Å². The maximum absolute atomic E-state index is 14.6. The second-order valence-corrected chi connectivity index (χ2v) is 7.27. The first-order valence-corrected chi connectivity index (χ1v) is 10.1. The van der Waals surface area contributed by atoms with E-state index < -0.39 is 23.6 Å². The van der Waals surface area contributed by atoms with Crippen LogP contribution in [-0.2, 0) is 9.53 Å².